The molecule has 1 atom stereocenters. The van der Waals surface area contributed by atoms with Gasteiger partial charge in [-0.25, -0.2) is 0 Å². The second-order valence-electron chi connectivity index (χ2n) is 8.86. The molecule has 1 N–H and O–H groups in total. The fourth-order valence-electron chi connectivity index (χ4n) is 4.54. The van der Waals surface area contributed by atoms with E-state index in [2.05, 4.69) is 46.2 Å². The number of nitrogens with one attached hydrogen (secondary N) is 1. The van der Waals surface area contributed by atoms with Gasteiger partial charge in [0.05, 0.1) is 5.75 Å². The Hall–Kier alpha value is -1.34. The number of fused-ring (bicyclic) bond motifs is 1. The van der Waals surface area contributed by atoms with E-state index in [1.54, 1.807) is 0 Å². The van der Waals surface area contributed by atoms with Crippen molar-refractivity contribution < 1.29 is 4.79 Å². The molecule has 5 nitrogen and oxygen atoms in total. The molecule has 158 valence electrons. The summed E-state index contributed by atoms with van der Waals surface area (Å²) in [4.78, 5) is 13.9. The van der Waals surface area contributed by atoms with Gasteiger partial charge in [0.15, 0.2) is 11.0 Å². The zero-order valence-electron chi connectivity index (χ0n) is 17.7. The fourth-order valence-corrected chi connectivity index (χ4v) is 6.66. The monoisotopic (exact) mass is 432 g/mol. The number of nitrogens with zero attached hydrogens (tertiary/aromatic N) is 3. The Balaban J connectivity index is 1.48. The van der Waals surface area contributed by atoms with Crippen LogP contribution in [0.2, 0.25) is 0 Å². The Labute approximate surface area is 182 Å². The molecule has 1 unspecified atom stereocenters. The average Bonchev–Trinajstić information content (AvgIpc) is 3.30. The largest absolute Gasteiger partial charge is 0.353 e. The van der Waals surface area contributed by atoms with Crippen LogP contribution in [0.15, 0.2) is 10.5 Å². The predicted octanol–water partition coefficient (Wildman–Crippen LogP) is 5.25. The minimum Gasteiger partial charge on any atom is -0.353 e. The number of amides is 1. The molecule has 2 aliphatic rings. The summed E-state index contributed by atoms with van der Waals surface area (Å²) in [6.45, 7) is 6.67. The quantitative estimate of drug-likeness (QED) is 0.633. The number of aromatic nitrogens is 3. The van der Waals surface area contributed by atoms with Crippen LogP contribution in [0.1, 0.15) is 75.8 Å². The second kappa shape index (κ2) is 9.21. The van der Waals surface area contributed by atoms with Crippen LogP contribution < -0.4 is 5.32 Å². The molecule has 2 aromatic heterocycles. The lowest BCUT2D eigenvalue weighted by Gasteiger charge is -2.22. The highest BCUT2D eigenvalue weighted by molar-refractivity contribution is 7.99. The van der Waals surface area contributed by atoms with Crippen LogP contribution in [0.3, 0.4) is 0 Å². The third kappa shape index (κ3) is 4.71. The zero-order chi connectivity index (χ0) is 20.4. The van der Waals surface area contributed by atoms with Crippen LogP contribution in [-0.4, -0.2) is 32.5 Å². The molecule has 1 amide bonds. The minimum atomic E-state index is 0.114. The van der Waals surface area contributed by atoms with Gasteiger partial charge in [0.25, 0.3) is 0 Å². The van der Waals surface area contributed by atoms with E-state index in [1.165, 1.54) is 59.9 Å². The Bertz CT molecular complexity index is 851. The lowest BCUT2D eigenvalue weighted by atomic mass is 9.88. The predicted molar refractivity (Wildman–Crippen MR) is 121 cm³/mol. The molecular formula is C22H32N4OS2. The van der Waals surface area contributed by atoms with Crippen molar-refractivity contribution in [1.29, 1.82) is 0 Å². The second-order valence-corrected chi connectivity index (χ2v) is 10.8. The van der Waals surface area contributed by atoms with Crippen molar-refractivity contribution in [3.8, 4) is 11.4 Å². The molecule has 4 rings (SSSR count). The zero-order valence-corrected chi connectivity index (χ0v) is 19.4. The van der Waals surface area contributed by atoms with Gasteiger partial charge in [-0.05, 0) is 57.4 Å². The molecule has 0 aromatic carbocycles. The highest BCUT2D eigenvalue weighted by atomic mass is 32.2. The maximum absolute atomic E-state index is 12.4. The van der Waals surface area contributed by atoms with Gasteiger partial charge in [-0.1, -0.05) is 37.9 Å². The smallest absolute Gasteiger partial charge is 0.230 e. The van der Waals surface area contributed by atoms with Gasteiger partial charge < -0.3 is 5.32 Å². The van der Waals surface area contributed by atoms with E-state index in [0.29, 0.717) is 11.8 Å². The Morgan fingerprint density at radius 2 is 2.07 bits per heavy atom. The molecule has 29 heavy (non-hydrogen) atoms. The molecule has 1 fully saturated rings. The first-order valence-electron chi connectivity index (χ1n) is 11.0. The van der Waals surface area contributed by atoms with Gasteiger partial charge in [0.2, 0.25) is 5.91 Å². The lowest BCUT2D eigenvalue weighted by Crippen LogP contribution is -2.37. The van der Waals surface area contributed by atoms with Crippen molar-refractivity contribution in [2.75, 3.05) is 5.75 Å². The highest BCUT2D eigenvalue weighted by Gasteiger charge is 2.25. The van der Waals surface area contributed by atoms with E-state index in [9.17, 15) is 4.79 Å². The molecule has 7 heteroatoms. The molecule has 1 saturated carbocycles. The number of hydrogen-bond acceptors (Lipinski definition) is 5. The molecule has 2 heterocycles. The Kier molecular flexibility index (Phi) is 6.64. The third-order valence-corrected chi connectivity index (χ3v) is 8.12. The third-order valence-electron chi connectivity index (χ3n) is 6.13. The summed E-state index contributed by atoms with van der Waals surface area (Å²) in [5, 5.41) is 15.4. The number of thiophene rings is 1. The summed E-state index contributed by atoms with van der Waals surface area (Å²) in [5.41, 5.74) is 2.71. The number of hydrogen-bond donors (Lipinski definition) is 1. The van der Waals surface area contributed by atoms with Crippen molar-refractivity contribution >= 4 is 29.0 Å². The summed E-state index contributed by atoms with van der Waals surface area (Å²) in [5.74, 6) is 2.25. The van der Waals surface area contributed by atoms with Crippen LogP contribution in [0.25, 0.3) is 11.4 Å². The normalized spacial score (nSPS) is 20.1. The summed E-state index contributed by atoms with van der Waals surface area (Å²) in [6, 6.07) is 0.608. The van der Waals surface area contributed by atoms with Gasteiger partial charge in [0, 0.05) is 27.9 Å². The van der Waals surface area contributed by atoms with Crippen molar-refractivity contribution in [3.05, 3.63) is 15.8 Å². The minimum absolute atomic E-state index is 0.114. The number of rotatable bonds is 6. The van der Waals surface area contributed by atoms with Gasteiger partial charge in [-0.2, -0.15) is 0 Å². The average molecular weight is 433 g/mol. The Morgan fingerprint density at radius 3 is 2.83 bits per heavy atom. The van der Waals surface area contributed by atoms with E-state index in [4.69, 9.17) is 0 Å². The molecule has 0 bridgehead atoms. The number of carbonyl (C=O) groups excluding carboxylic acids is 1. The van der Waals surface area contributed by atoms with Gasteiger partial charge >= 0.3 is 0 Å². The first kappa shape index (κ1) is 20.9. The summed E-state index contributed by atoms with van der Waals surface area (Å²) in [7, 11) is 0. The summed E-state index contributed by atoms with van der Waals surface area (Å²) >= 11 is 3.37. The van der Waals surface area contributed by atoms with E-state index in [1.807, 2.05) is 11.3 Å². The lowest BCUT2D eigenvalue weighted by molar-refractivity contribution is -0.119. The van der Waals surface area contributed by atoms with E-state index < -0.39 is 0 Å². The van der Waals surface area contributed by atoms with Crippen LogP contribution >= 0.6 is 23.1 Å². The van der Waals surface area contributed by atoms with E-state index in [0.717, 1.165) is 36.2 Å². The van der Waals surface area contributed by atoms with Crippen molar-refractivity contribution in [3.63, 3.8) is 0 Å². The summed E-state index contributed by atoms with van der Waals surface area (Å²) in [6.07, 6.45) is 9.54. The molecule has 2 aromatic rings. The van der Waals surface area contributed by atoms with Gasteiger partial charge in [-0.15, -0.1) is 21.5 Å². The first-order chi connectivity index (χ1) is 14.0. The van der Waals surface area contributed by atoms with E-state index >= 15 is 0 Å². The molecule has 0 radical (unpaired) electrons. The first-order valence-corrected chi connectivity index (χ1v) is 12.9. The topological polar surface area (TPSA) is 59.8 Å². The SMILES string of the molecule is CC1CCc2c(-c3nnc(SCC(=O)NC4CCCCC4)n3C(C)C)csc2C1. The molecular weight excluding hydrogens is 400 g/mol. The van der Waals surface area contributed by atoms with Crippen molar-refractivity contribution in [1.82, 2.24) is 20.1 Å². The Morgan fingerprint density at radius 1 is 1.28 bits per heavy atom. The number of carbonyl (C=O) groups is 1. The molecule has 0 saturated heterocycles. The van der Waals surface area contributed by atoms with Crippen LogP contribution in [0.5, 0.6) is 0 Å². The maximum atomic E-state index is 12.4. The van der Waals surface area contributed by atoms with Crippen molar-refractivity contribution in [2.45, 2.75) is 89.4 Å². The molecule has 2 aliphatic carbocycles. The van der Waals surface area contributed by atoms with Crippen LogP contribution in [0, 0.1) is 5.92 Å². The van der Waals surface area contributed by atoms with Gasteiger partial charge in [0.1, 0.15) is 0 Å². The van der Waals surface area contributed by atoms with Gasteiger partial charge in [-0.3, -0.25) is 9.36 Å². The highest BCUT2D eigenvalue weighted by Crippen LogP contribution is 2.39. The van der Waals surface area contributed by atoms with Crippen LogP contribution in [-0.2, 0) is 17.6 Å². The van der Waals surface area contributed by atoms with Crippen LogP contribution in [0.4, 0.5) is 0 Å². The molecule has 0 spiro atoms. The number of thioether (sulfide) groups is 1. The maximum Gasteiger partial charge on any atom is 0.230 e. The van der Waals surface area contributed by atoms with Crippen molar-refractivity contribution in [2.24, 2.45) is 5.92 Å². The summed E-state index contributed by atoms with van der Waals surface area (Å²) < 4.78 is 2.21. The standard InChI is InChI=1S/C22H32N4OS2/c1-14(2)26-21(18-12-28-19-11-15(3)9-10-17(18)19)24-25-22(26)29-13-20(27)23-16-7-5-4-6-8-16/h12,14-16H,4-11,13H2,1-3H3,(H,23,27). The fraction of sp³-hybridized carbons (Fsp3) is 0.682. The molecule has 0 aliphatic heterocycles. The van der Waals surface area contributed by atoms with E-state index in [-0.39, 0.29) is 11.9 Å².